The minimum atomic E-state index is 0.766. The molecular formula is C13H13N5S. The minimum Gasteiger partial charge on any atom is -0.230 e. The predicted molar refractivity (Wildman–Crippen MR) is 74.8 cm³/mol. The molecule has 19 heavy (non-hydrogen) atoms. The number of aryl methyl sites for hydroxylation is 2. The lowest BCUT2D eigenvalue weighted by Gasteiger charge is -2.02. The van der Waals surface area contributed by atoms with Gasteiger partial charge in [0.1, 0.15) is 11.4 Å². The summed E-state index contributed by atoms with van der Waals surface area (Å²) in [6.45, 7) is 2.10. The fraction of sp³-hybridized carbons (Fsp3) is 0.231. The average Bonchev–Trinajstić information content (AvgIpc) is 2.79. The summed E-state index contributed by atoms with van der Waals surface area (Å²) in [5.41, 5.74) is 4.08. The van der Waals surface area contributed by atoms with Gasteiger partial charge in [-0.2, -0.15) is 0 Å². The molecule has 6 heteroatoms. The molecule has 1 aromatic carbocycles. The van der Waals surface area contributed by atoms with E-state index < -0.39 is 0 Å². The van der Waals surface area contributed by atoms with Crippen LogP contribution in [0.5, 0.6) is 0 Å². The van der Waals surface area contributed by atoms with Crippen molar-refractivity contribution in [2.24, 2.45) is 7.05 Å². The van der Waals surface area contributed by atoms with Gasteiger partial charge < -0.3 is 0 Å². The zero-order chi connectivity index (χ0) is 13.2. The molecule has 0 radical (unpaired) electrons. The van der Waals surface area contributed by atoms with Crippen molar-refractivity contribution in [1.82, 2.24) is 25.0 Å². The number of thioether (sulfide) groups is 1. The van der Waals surface area contributed by atoms with E-state index in [1.54, 1.807) is 22.8 Å². The van der Waals surface area contributed by atoms with Crippen molar-refractivity contribution >= 4 is 22.9 Å². The Kier molecular flexibility index (Phi) is 3.16. The van der Waals surface area contributed by atoms with Crippen molar-refractivity contribution in [3.8, 4) is 0 Å². The third-order valence-electron chi connectivity index (χ3n) is 2.81. The first kappa shape index (κ1) is 12.1. The Morgan fingerprint density at radius 2 is 2.16 bits per heavy atom. The molecule has 0 saturated heterocycles. The molecule has 0 amide bonds. The van der Waals surface area contributed by atoms with E-state index in [1.165, 1.54) is 11.1 Å². The van der Waals surface area contributed by atoms with Gasteiger partial charge in [0, 0.05) is 12.8 Å². The lowest BCUT2D eigenvalue weighted by molar-refractivity contribution is 0.729. The molecule has 0 fully saturated rings. The second-order valence-electron chi connectivity index (χ2n) is 4.34. The molecule has 3 rings (SSSR count). The number of nitrogens with zero attached hydrogens (tertiary/aromatic N) is 5. The van der Waals surface area contributed by atoms with Gasteiger partial charge in [-0.15, -0.1) is 5.10 Å². The first-order valence-electron chi connectivity index (χ1n) is 5.93. The Balaban J connectivity index is 1.86. The number of rotatable bonds is 3. The summed E-state index contributed by atoms with van der Waals surface area (Å²) in [6.07, 6.45) is 1.56. The number of benzene rings is 1. The molecule has 0 aliphatic carbocycles. The molecule has 5 nitrogen and oxygen atoms in total. The van der Waals surface area contributed by atoms with E-state index in [2.05, 4.69) is 51.5 Å². The maximum Gasteiger partial charge on any atom is 0.182 e. The van der Waals surface area contributed by atoms with Crippen LogP contribution in [-0.2, 0) is 12.8 Å². The maximum absolute atomic E-state index is 4.29. The predicted octanol–water partition coefficient (Wildman–Crippen LogP) is 2.36. The second kappa shape index (κ2) is 4.97. The fourth-order valence-corrected chi connectivity index (χ4v) is 2.77. The molecule has 0 unspecified atom stereocenters. The molecule has 2 heterocycles. The summed E-state index contributed by atoms with van der Waals surface area (Å²) in [4.78, 5) is 8.48. The highest BCUT2D eigenvalue weighted by Gasteiger charge is 2.10. The van der Waals surface area contributed by atoms with Gasteiger partial charge in [-0.3, -0.25) is 0 Å². The zero-order valence-electron chi connectivity index (χ0n) is 10.7. The molecule has 96 valence electrons. The third-order valence-corrected chi connectivity index (χ3v) is 3.86. The van der Waals surface area contributed by atoms with Gasteiger partial charge >= 0.3 is 0 Å². The molecule has 0 atom stereocenters. The summed E-state index contributed by atoms with van der Waals surface area (Å²) in [5.74, 6) is 0.865. The van der Waals surface area contributed by atoms with Crippen LogP contribution in [0.2, 0.25) is 0 Å². The summed E-state index contributed by atoms with van der Waals surface area (Å²) in [6, 6.07) is 8.47. The average molecular weight is 271 g/mol. The van der Waals surface area contributed by atoms with Crippen molar-refractivity contribution in [2.45, 2.75) is 17.7 Å². The van der Waals surface area contributed by atoms with E-state index >= 15 is 0 Å². The van der Waals surface area contributed by atoms with Crippen LogP contribution in [0, 0.1) is 6.92 Å². The Hall–Kier alpha value is -1.95. The van der Waals surface area contributed by atoms with Gasteiger partial charge in [0.2, 0.25) is 0 Å². The minimum absolute atomic E-state index is 0.766. The third kappa shape index (κ3) is 2.44. The normalized spacial score (nSPS) is 11.1. The largest absolute Gasteiger partial charge is 0.230 e. The Labute approximate surface area is 115 Å². The lowest BCUT2D eigenvalue weighted by atomic mass is 10.2. The van der Waals surface area contributed by atoms with Crippen molar-refractivity contribution in [1.29, 1.82) is 0 Å². The fourth-order valence-electron chi connectivity index (χ4n) is 1.89. The van der Waals surface area contributed by atoms with Crippen LogP contribution in [0.25, 0.3) is 11.2 Å². The highest BCUT2D eigenvalue weighted by atomic mass is 32.2. The van der Waals surface area contributed by atoms with Crippen molar-refractivity contribution in [3.63, 3.8) is 0 Å². The van der Waals surface area contributed by atoms with E-state index in [0.717, 1.165) is 21.9 Å². The summed E-state index contributed by atoms with van der Waals surface area (Å²) >= 11 is 1.66. The number of aromatic nitrogens is 5. The zero-order valence-corrected chi connectivity index (χ0v) is 11.6. The van der Waals surface area contributed by atoms with E-state index in [9.17, 15) is 0 Å². The quantitative estimate of drug-likeness (QED) is 0.540. The van der Waals surface area contributed by atoms with E-state index in [4.69, 9.17) is 0 Å². The van der Waals surface area contributed by atoms with Crippen molar-refractivity contribution < 1.29 is 0 Å². The molecule has 0 N–H and O–H groups in total. The van der Waals surface area contributed by atoms with Crippen LogP contribution < -0.4 is 0 Å². The van der Waals surface area contributed by atoms with Crippen LogP contribution in [0.3, 0.4) is 0 Å². The van der Waals surface area contributed by atoms with Gasteiger partial charge in [0.25, 0.3) is 0 Å². The van der Waals surface area contributed by atoms with Gasteiger partial charge in [0.15, 0.2) is 11.2 Å². The molecule has 0 aliphatic heterocycles. The highest BCUT2D eigenvalue weighted by Crippen LogP contribution is 2.25. The molecule has 2 aromatic heterocycles. The Morgan fingerprint density at radius 1 is 1.26 bits per heavy atom. The SMILES string of the molecule is Cc1cccc(CSc2ncnc3c2nnn3C)c1. The Bertz CT molecular complexity index is 722. The van der Waals surface area contributed by atoms with E-state index in [-0.39, 0.29) is 0 Å². The smallest absolute Gasteiger partial charge is 0.182 e. The van der Waals surface area contributed by atoms with Crippen molar-refractivity contribution in [2.75, 3.05) is 0 Å². The van der Waals surface area contributed by atoms with E-state index in [1.807, 2.05) is 7.05 Å². The van der Waals surface area contributed by atoms with Crippen LogP contribution in [0.4, 0.5) is 0 Å². The van der Waals surface area contributed by atoms with Gasteiger partial charge in [-0.25, -0.2) is 14.6 Å². The maximum atomic E-state index is 4.29. The van der Waals surface area contributed by atoms with E-state index in [0.29, 0.717) is 0 Å². The van der Waals surface area contributed by atoms with Crippen LogP contribution in [0.15, 0.2) is 35.6 Å². The standard InChI is InChI=1S/C13H13N5S/c1-9-4-3-5-10(6-9)7-19-13-11-12(14-8-15-13)18(2)17-16-11/h3-6,8H,7H2,1-2H3. The lowest BCUT2D eigenvalue weighted by Crippen LogP contribution is -1.93. The molecule has 0 aliphatic rings. The molecule has 3 aromatic rings. The van der Waals surface area contributed by atoms with Gasteiger partial charge in [-0.1, -0.05) is 46.8 Å². The number of fused-ring (bicyclic) bond motifs is 1. The monoisotopic (exact) mass is 271 g/mol. The highest BCUT2D eigenvalue weighted by molar-refractivity contribution is 7.98. The summed E-state index contributed by atoms with van der Waals surface area (Å²) in [5, 5.41) is 8.97. The molecule has 0 spiro atoms. The Morgan fingerprint density at radius 3 is 3.00 bits per heavy atom. The first-order valence-corrected chi connectivity index (χ1v) is 6.91. The van der Waals surface area contributed by atoms with Crippen LogP contribution >= 0.6 is 11.8 Å². The summed E-state index contributed by atoms with van der Waals surface area (Å²) < 4.78 is 1.66. The molecular weight excluding hydrogens is 258 g/mol. The van der Waals surface area contributed by atoms with Gasteiger partial charge in [0.05, 0.1) is 0 Å². The number of hydrogen-bond donors (Lipinski definition) is 0. The van der Waals surface area contributed by atoms with Crippen molar-refractivity contribution in [3.05, 3.63) is 41.7 Å². The molecule has 0 saturated carbocycles. The topological polar surface area (TPSA) is 56.5 Å². The number of hydrogen-bond acceptors (Lipinski definition) is 5. The molecule has 0 bridgehead atoms. The van der Waals surface area contributed by atoms with Crippen LogP contribution in [0.1, 0.15) is 11.1 Å². The van der Waals surface area contributed by atoms with Crippen LogP contribution in [-0.4, -0.2) is 25.0 Å². The summed E-state index contributed by atoms with van der Waals surface area (Å²) in [7, 11) is 1.83. The second-order valence-corrected chi connectivity index (χ2v) is 5.31. The first-order chi connectivity index (χ1) is 9.24. The van der Waals surface area contributed by atoms with Gasteiger partial charge in [-0.05, 0) is 12.5 Å².